The summed E-state index contributed by atoms with van der Waals surface area (Å²) in [7, 11) is 0. The average Bonchev–Trinajstić information content (AvgIpc) is 2.77. The summed E-state index contributed by atoms with van der Waals surface area (Å²) in [4.78, 5) is 2.94. The maximum atomic E-state index is 6.41. The molecular formula is C19H36N2. The van der Waals surface area contributed by atoms with Crippen LogP contribution in [0.1, 0.15) is 84.0 Å². The van der Waals surface area contributed by atoms with Crippen molar-refractivity contribution in [3.05, 3.63) is 0 Å². The summed E-state index contributed by atoms with van der Waals surface area (Å²) in [5, 5.41) is 0. The van der Waals surface area contributed by atoms with Gasteiger partial charge in [-0.05, 0) is 63.3 Å². The molecule has 0 aromatic heterocycles. The lowest BCUT2D eigenvalue weighted by Gasteiger charge is -2.54. The van der Waals surface area contributed by atoms with Crippen LogP contribution >= 0.6 is 0 Å². The minimum absolute atomic E-state index is 0.352. The van der Waals surface area contributed by atoms with Crippen LogP contribution in [0, 0.1) is 11.8 Å². The smallest absolute Gasteiger partial charge is 0.0334 e. The van der Waals surface area contributed by atoms with Gasteiger partial charge in [0, 0.05) is 18.1 Å². The van der Waals surface area contributed by atoms with Crippen LogP contribution in [0.15, 0.2) is 0 Å². The van der Waals surface area contributed by atoms with Gasteiger partial charge in [0.15, 0.2) is 0 Å². The number of nitrogens with zero attached hydrogens (tertiary/aromatic N) is 1. The SMILES string of the molecule is CCC1CCCC(CN)(N2CCC[C@H]3CCCC[C@H]32)CC1. The van der Waals surface area contributed by atoms with Crippen molar-refractivity contribution < 1.29 is 0 Å². The molecular weight excluding hydrogens is 256 g/mol. The molecule has 2 aliphatic carbocycles. The van der Waals surface area contributed by atoms with Gasteiger partial charge < -0.3 is 5.73 Å². The molecule has 1 heterocycles. The number of fused-ring (bicyclic) bond motifs is 1. The van der Waals surface area contributed by atoms with Crippen molar-refractivity contribution in [3.8, 4) is 0 Å². The average molecular weight is 293 g/mol. The molecule has 2 N–H and O–H groups in total. The molecule has 122 valence electrons. The zero-order valence-corrected chi connectivity index (χ0v) is 14.2. The molecule has 1 aliphatic heterocycles. The van der Waals surface area contributed by atoms with E-state index in [2.05, 4.69) is 11.8 Å². The Bertz CT molecular complexity index is 328. The van der Waals surface area contributed by atoms with Crippen LogP contribution in [-0.2, 0) is 0 Å². The van der Waals surface area contributed by atoms with E-state index in [0.717, 1.165) is 24.4 Å². The number of piperidine rings is 1. The second-order valence-corrected chi connectivity index (χ2v) is 8.08. The third kappa shape index (κ3) is 3.17. The fourth-order valence-electron chi connectivity index (χ4n) is 5.69. The van der Waals surface area contributed by atoms with Gasteiger partial charge in [-0.1, -0.05) is 39.0 Å². The van der Waals surface area contributed by atoms with Crippen molar-refractivity contribution in [2.75, 3.05) is 13.1 Å². The molecule has 0 aromatic carbocycles. The summed E-state index contributed by atoms with van der Waals surface area (Å²) in [6, 6.07) is 0.870. The Morgan fingerprint density at radius 1 is 0.952 bits per heavy atom. The second kappa shape index (κ2) is 7.00. The fourth-order valence-corrected chi connectivity index (χ4v) is 5.69. The molecule has 0 aromatic rings. The van der Waals surface area contributed by atoms with E-state index in [1.165, 1.54) is 83.6 Å². The predicted octanol–water partition coefficient (Wildman–Crippen LogP) is 4.33. The van der Waals surface area contributed by atoms with Gasteiger partial charge >= 0.3 is 0 Å². The maximum absolute atomic E-state index is 6.41. The van der Waals surface area contributed by atoms with Crippen LogP contribution in [0.5, 0.6) is 0 Å². The normalized spacial score (nSPS) is 42.3. The minimum Gasteiger partial charge on any atom is -0.329 e. The molecule has 0 amide bonds. The first kappa shape index (κ1) is 15.8. The maximum Gasteiger partial charge on any atom is 0.0334 e. The fraction of sp³-hybridized carbons (Fsp3) is 1.00. The number of hydrogen-bond acceptors (Lipinski definition) is 2. The Labute approximate surface area is 131 Å². The number of likely N-dealkylation sites (tertiary alicyclic amines) is 1. The minimum atomic E-state index is 0.352. The van der Waals surface area contributed by atoms with Gasteiger partial charge in [0.05, 0.1) is 0 Å². The highest BCUT2D eigenvalue weighted by molar-refractivity contribution is 5.00. The van der Waals surface area contributed by atoms with E-state index in [4.69, 9.17) is 5.73 Å². The van der Waals surface area contributed by atoms with Crippen LogP contribution in [0.3, 0.4) is 0 Å². The summed E-state index contributed by atoms with van der Waals surface area (Å²) in [5.41, 5.74) is 6.76. The zero-order chi connectivity index (χ0) is 14.7. The Balaban J connectivity index is 1.77. The van der Waals surface area contributed by atoms with Gasteiger partial charge in [-0.15, -0.1) is 0 Å². The van der Waals surface area contributed by atoms with Gasteiger partial charge in [0.1, 0.15) is 0 Å². The van der Waals surface area contributed by atoms with Crippen molar-refractivity contribution in [2.45, 2.75) is 95.6 Å². The van der Waals surface area contributed by atoms with Gasteiger partial charge in [-0.25, -0.2) is 0 Å². The van der Waals surface area contributed by atoms with Crippen LogP contribution in [0.25, 0.3) is 0 Å². The highest BCUT2D eigenvalue weighted by Crippen LogP contribution is 2.43. The van der Waals surface area contributed by atoms with Gasteiger partial charge in [0.2, 0.25) is 0 Å². The van der Waals surface area contributed by atoms with E-state index in [1.807, 2.05) is 0 Å². The molecule has 1 saturated heterocycles. The van der Waals surface area contributed by atoms with E-state index in [0.29, 0.717) is 5.54 Å². The van der Waals surface area contributed by atoms with E-state index in [1.54, 1.807) is 0 Å². The number of hydrogen-bond donors (Lipinski definition) is 1. The highest BCUT2D eigenvalue weighted by atomic mass is 15.2. The lowest BCUT2D eigenvalue weighted by molar-refractivity contribution is -0.0336. The second-order valence-electron chi connectivity index (χ2n) is 8.08. The summed E-state index contributed by atoms with van der Waals surface area (Å²) in [6.07, 6.45) is 17.1. The van der Waals surface area contributed by atoms with Crippen LogP contribution in [0.4, 0.5) is 0 Å². The third-order valence-corrected chi connectivity index (χ3v) is 7.08. The lowest BCUT2D eigenvalue weighted by Crippen LogP contribution is -2.61. The zero-order valence-electron chi connectivity index (χ0n) is 14.2. The monoisotopic (exact) mass is 292 g/mol. The molecule has 3 rings (SSSR count). The Hall–Kier alpha value is -0.0800. The first-order chi connectivity index (χ1) is 10.3. The Kier molecular flexibility index (Phi) is 5.27. The molecule has 21 heavy (non-hydrogen) atoms. The predicted molar refractivity (Wildman–Crippen MR) is 90.3 cm³/mol. The van der Waals surface area contributed by atoms with Crippen molar-refractivity contribution in [2.24, 2.45) is 17.6 Å². The van der Waals surface area contributed by atoms with Crippen LogP contribution < -0.4 is 5.73 Å². The Morgan fingerprint density at radius 3 is 2.57 bits per heavy atom. The largest absolute Gasteiger partial charge is 0.329 e. The summed E-state index contributed by atoms with van der Waals surface area (Å²) < 4.78 is 0. The van der Waals surface area contributed by atoms with Gasteiger partial charge in [0.25, 0.3) is 0 Å². The van der Waals surface area contributed by atoms with Gasteiger partial charge in [-0.3, -0.25) is 4.90 Å². The third-order valence-electron chi connectivity index (χ3n) is 7.08. The van der Waals surface area contributed by atoms with Crippen molar-refractivity contribution >= 4 is 0 Å². The molecule has 2 saturated carbocycles. The molecule has 2 heteroatoms. The molecule has 3 aliphatic rings. The summed E-state index contributed by atoms with van der Waals surface area (Å²) >= 11 is 0. The topological polar surface area (TPSA) is 29.3 Å². The summed E-state index contributed by atoms with van der Waals surface area (Å²) in [5.74, 6) is 1.95. The molecule has 2 unspecified atom stereocenters. The molecule has 0 spiro atoms. The summed E-state index contributed by atoms with van der Waals surface area (Å²) in [6.45, 7) is 4.60. The van der Waals surface area contributed by atoms with Gasteiger partial charge in [-0.2, -0.15) is 0 Å². The quantitative estimate of drug-likeness (QED) is 0.785. The van der Waals surface area contributed by atoms with E-state index in [9.17, 15) is 0 Å². The molecule has 0 radical (unpaired) electrons. The Morgan fingerprint density at radius 2 is 1.76 bits per heavy atom. The molecule has 0 bridgehead atoms. The standard InChI is InChI=1S/C19H36N2/c1-2-16-7-5-12-19(15-20,13-11-16)21-14-6-9-17-8-3-4-10-18(17)21/h16-18H,2-15,20H2,1H3/t16?,17-,18-,19?/m1/s1. The van der Waals surface area contributed by atoms with E-state index in [-0.39, 0.29) is 0 Å². The first-order valence-electron chi connectivity index (χ1n) is 9.76. The van der Waals surface area contributed by atoms with E-state index < -0.39 is 0 Å². The van der Waals surface area contributed by atoms with E-state index >= 15 is 0 Å². The number of nitrogens with two attached hydrogens (primary N) is 1. The molecule has 4 atom stereocenters. The first-order valence-corrected chi connectivity index (χ1v) is 9.76. The van der Waals surface area contributed by atoms with Crippen LogP contribution in [-0.4, -0.2) is 29.6 Å². The van der Waals surface area contributed by atoms with Crippen molar-refractivity contribution in [3.63, 3.8) is 0 Å². The van der Waals surface area contributed by atoms with Crippen molar-refractivity contribution in [1.82, 2.24) is 4.90 Å². The molecule has 2 nitrogen and oxygen atoms in total. The van der Waals surface area contributed by atoms with Crippen molar-refractivity contribution in [1.29, 1.82) is 0 Å². The molecule has 3 fully saturated rings. The number of rotatable bonds is 3. The van der Waals surface area contributed by atoms with Crippen LogP contribution in [0.2, 0.25) is 0 Å². The lowest BCUT2D eigenvalue weighted by atomic mass is 9.74. The highest BCUT2D eigenvalue weighted by Gasteiger charge is 2.44.